The van der Waals surface area contributed by atoms with Gasteiger partial charge in [0.2, 0.25) is 5.91 Å². The van der Waals surface area contributed by atoms with Crippen molar-refractivity contribution in [3.8, 4) is 0 Å². The molecule has 116 valence electrons. The summed E-state index contributed by atoms with van der Waals surface area (Å²) in [7, 11) is 0. The maximum absolute atomic E-state index is 13.2. The summed E-state index contributed by atoms with van der Waals surface area (Å²) in [6, 6.07) is 13.0. The van der Waals surface area contributed by atoms with Gasteiger partial charge >= 0.3 is 0 Å². The van der Waals surface area contributed by atoms with Crippen LogP contribution in [0.1, 0.15) is 17.3 Å². The number of hydrogen-bond acceptors (Lipinski definition) is 2. The predicted molar refractivity (Wildman–Crippen MR) is 87.0 cm³/mol. The third-order valence-corrected chi connectivity index (χ3v) is 3.60. The van der Waals surface area contributed by atoms with E-state index in [1.165, 1.54) is 19.1 Å². The Labute approximate surface area is 132 Å². The van der Waals surface area contributed by atoms with E-state index in [2.05, 4.69) is 5.32 Å². The van der Waals surface area contributed by atoms with Gasteiger partial charge in [-0.1, -0.05) is 12.1 Å². The van der Waals surface area contributed by atoms with Crippen LogP contribution in [0.4, 0.5) is 10.1 Å². The fourth-order valence-electron chi connectivity index (χ4n) is 2.48. The Bertz CT molecular complexity index is 899. The average molecular weight is 310 g/mol. The van der Waals surface area contributed by atoms with Crippen molar-refractivity contribution in [3.05, 3.63) is 66.1 Å². The van der Waals surface area contributed by atoms with Crippen LogP contribution < -0.4 is 5.32 Å². The summed E-state index contributed by atoms with van der Waals surface area (Å²) >= 11 is 0. The molecule has 0 fully saturated rings. The van der Waals surface area contributed by atoms with Gasteiger partial charge in [0.05, 0.1) is 0 Å². The van der Waals surface area contributed by atoms with Crippen LogP contribution in [-0.4, -0.2) is 16.3 Å². The molecule has 0 atom stereocenters. The van der Waals surface area contributed by atoms with E-state index in [1.807, 2.05) is 0 Å². The topological polar surface area (TPSA) is 51.1 Å². The van der Waals surface area contributed by atoms with E-state index in [-0.39, 0.29) is 24.1 Å². The normalized spacial score (nSPS) is 10.7. The molecule has 0 spiro atoms. The van der Waals surface area contributed by atoms with Crippen LogP contribution in [-0.2, 0) is 11.3 Å². The number of fused-ring (bicyclic) bond motifs is 1. The molecule has 1 amide bonds. The second-order valence-electron chi connectivity index (χ2n) is 5.33. The number of Topliss-reactive ketones (excluding diaryl/α,β-unsaturated/α-hetero) is 1. The molecule has 3 rings (SSSR count). The van der Waals surface area contributed by atoms with Crippen molar-refractivity contribution >= 4 is 28.3 Å². The molecule has 0 radical (unpaired) electrons. The minimum absolute atomic E-state index is 0.0560. The molecule has 0 aliphatic rings. The second-order valence-corrected chi connectivity index (χ2v) is 5.33. The molecule has 0 bridgehead atoms. The molecule has 3 aromatic rings. The fraction of sp³-hybridized carbons (Fsp3) is 0.111. The Morgan fingerprint density at radius 3 is 2.74 bits per heavy atom. The summed E-state index contributed by atoms with van der Waals surface area (Å²) in [5, 5.41) is 3.51. The van der Waals surface area contributed by atoms with Gasteiger partial charge in [-0.15, -0.1) is 0 Å². The summed E-state index contributed by atoms with van der Waals surface area (Å²) in [6.07, 6.45) is 1.75. The number of ketones is 1. The number of amides is 1. The van der Waals surface area contributed by atoms with Gasteiger partial charge in [0.1, 0.15) is 12.4 Å². The molecule has 1 heterocycles. The van der Waals surface area contributed by atoms with Crippen LogP contribution in [0.3, 0.4) is 0 Å². The zero-order chi connectivity index (χ0) is 16.4. The molecule has 4 nitrogen and oxygen atoms in total. The molecule has 0 unspecified atom stereocenters. The monoisotopic (exact) mass is 310 g/mol. The highest BCUT2D eigenvalue weighted by Crippen LogP contribution is 2.17. The lowest BCUT2D eigenvalue weighted by Gasteiger charge is -2.08. The Kier molecular flexibility index (Phi) is 3.93. The van der Waals surface area contributed by atoms with E-state index < -0.39 is 0 Å². The smallest absolute Gasteiger partial charge is 0.244 e. The molecular weight excluding hydrogens is 295 g/mol. The van der Waals surface area contributed by atoms with Crippen molar-refractivity contribution in [2.45, 2.75) is 13.5 Å². The van der Waals surface area contributed by atoms with E-state index in [1.54, 1.807) is 47.2 Å². The van der Waals surface area contributed by atoms with E-state index in [4.69, 9.17) is 0 Å². The molecule has 23 heavy (non-hydrogen) atoms. The summed E-state index contributed by atoms with van der Waals surface area (Å²) in [4.78, 5) is 23.5. The number of carbonyl (C=O) groups excluding carboxylic acids is 2. The lowest BCUT2D eigenvalue weighted by atomic mass is 10.1. The highest BCUT2D eigenvalue weighted by molar-refractivity contribution is 5.97. The highest BCUT2D eigenvalue weighted by atomic mass is 19.1. The molecular formula is C18H15FN2O2. The van der Waals surface area contributed by atoms with Crippen molar-refractivity contribution < 1.29 is 14.0 Å². The summed E-state index contributed by atoms with van der Waals surface area (Å²) in [5.41, 5.74) is 1.91. The number of anilines is 1. The van der Waals surface area contributed by atoms with Crippen molar-refractivity contribution in [1.29, 1.82) is 0 Å². The molecule has 1 aromatic heterocycles. The number of benzene rings is 2. The lowest BCUT2D eigenvalue weighted by Crippen LogP contribution is -2.18. The Balaban J connectivity index is 1.76. The average Bonchev–Trinajstić information content (AvgIpc) is 2.89. The van der Waals surface area contributed by atoms with Crippen LogP contribution in [0.15, 0.2) is 54.7 Å². The standard InChI is InChI=1S/C18H15FN2O2/c1-12(22)13-3-2-4-16(10-13)20-18(23)11-21-8-7-14-9-15(19)5-6-17(14)21/h2-10H,11H2,1H3,(H,20,23). The van der Waals surface area contributed by atoms with Gasteiger partial charge in [-0.25, -0.2) is 4.39 Å². The largest absolute Gasteiger partial charge is 0.338 e. The molecule has 5 heteroatoms. The Morgan fingerprint density at radius 2 is 1.96 bits per heavy atom. The highest BCUT2D eigenvalue weighted by Gasteiger charge is 2.08. The van der Waals surface area contributed by atoms with Crippen LogP contribution in [0.5, 0.6) is 0 Å². The fourth-order valence-corrected chi connectivity index (χ4v) is 2.48. The van der Waals surface area contributed by atoms with Gasteiger partial charge in [-0.2, -0.15) is 0 Å². The molecule has 1 N–H and O–H groups in total. The van der Waals surface area contributed by atoms with Gasteiger partial charge in [0, 0.05) is 28.4 Å². The Morgan fingerprint density at radius 1 is 1.13 bits per heavy atom. The number of rotatable bonds is 4. The molecule has 2 aromatic carbocycles. The summed E-state index contributed by atoms with van der Waals surface area (Å²) in [5.74, 6) is -0.576. The number of carbonyl (C=O) groups is 2. The number of nitrogens with one attached hydrogen (secondary N) is 1. The van der Waals surface area contributed by atoms with Crippen molar-refractivity contribution in [2.75, 3.05) is 5.32 Å². The van der Waals surface area contributed by atoms with Gasteiger partial charge < -0.3 is 9.88 Å². The molecule has 0 saturated carbocycles. The quantitative estimate of drug-likeness (QED) is 0.748. The molecule has 0 aliphatic carbocycles. The molecule has 0 saturated heterocycles. The van der Waals surface area contributed by atoms with Gasteiger partial charge in [0.15, 0.2) is 5.78 Å². The van der Waals surface area contributed by atoms with Crippen LogP contribution in [0.2, 0.25) is 0 Å². The minimum atomic E-state index is -0.305. The van der Waals surface area contributed by atoms with E-state index in [0.29, 0.717) is 11.3 Å². The maximum Gasteiger partial charge on any atom is 0.244 e. The van der Waals surface area contributed by atoms with Crippen LogP contribution in [0, 0.1) is 5.82 Å². The SMILES string of the molecule is CC(=O)c1cccc(NC(=O)Cn2ccc3cc(F)ccc32)c1. The van der Waals surface area contributed by atoms with E-state index >= 15 is 0 Å². The van der Waals surface area contributed by atoms with Crippen molar-refractivity contribution in [2.24, 2.45) is 0 Å². The first kappa shape index (κ1) is 15.0. The minimum Gasteiger partial charge on any atom is -0.338 e. The van der Waals surface area contributed by atoms with Crippen molar-refractivity contribution in [3.63, 3.8) is 0 Å². The summed E-state index contributed by atoms with van der Waals surface area (Å²) in [6.45, 7) is 1.59. The first-order chi connectivity index (χ1) is 11.0. The zero-order valence-electron chi connectivity index (χ0n) is 12.5. The Hall–Kier alpha value is -2.95. The van der Waals surface area contributed by atoms with Crippen LogP contribution in [0.25, 0.3) is 10.9 Å². The second kappa shape index (κ2) is 6.04. The summed E-state index contributed by atoms with van der Waals surface area (Å²) < 4.78 is 14.9. The van der Waals surface area contributed by atoms with Crippen molar-refractivity contribution in [1.82, 2.24) is 4.57 Å². The van der Waals surface area contributed by atoms with Gasteiger partial charge in [-0.3, -0.25) is 9.59 Å². The van der Waals surface area contributed by atoms with E-state index in [9.17, 15) is 14.0 Å². The number of aromatic nitrogens is 1. The number of hydrogen-bond donors (Lipinski definition) is 1. The van der Waals surface area contributed by atoms with Gasteiger partial charge in [-0.05, 0) is 43.3 Å². The van der Waals surface area contributed by atoms with Gasteiger partial charge in [0.25, 0.3) is 0 Å². The first-order valence-corrected chi connectivity index (χ1v) is 7.18. The first-order valence-electron chi connectivity index (χ1n) is 7.18. The predicted octanol–water partition coefficient (Wildman–Crippen LogP) is 3.62. The maximum atomic E-state index is 13.2. The number of halogens is 1. The number of nitrogens with zero attached hydrogens (tertiary/aromatic N) is 1. The molecule has 0 aliphatic heterocycles. The lowest BCUT2D eigenvalue weighted by molar-refractivity contribution is -0.116. The van der Waals surface area contributed by atoms with Crippen LogP contribution >= 0.6 is 0 Å². The van der Waals surface area contributed by atoms with E-state index in [0.717, 1.165) is 10.9 Å². The third kappa shape index (κ3) is 3.29. The zero-order valence-corrected chi connectivity index (χ0v) is 12.5. The third-order valence-electron chi connectivity index (χ3n) is 3.60.